The summed E-state index contributed by atoms with van der Waals surface area (Å²) in [6, 6.07) is 4.63. The molecule has 0 spiro atoms. The topological polar surface area (TPSA) is 77.1 Å². The summed E-state index contributed by atoms with van der Waals surface area (Å²) in [6.07, 6.45) is -5.16. The Morgan fingerprint density at radius 1 is 1.10 bits per heavy atom. The zero-order valence-corrected chi connectivity index (χ0v) is 23.1. The first kappa shape index (κ1) is 29.5. The van der Waals surface area contributed by atoms with Gasteiger partial charge in [-0.2, -0.15) is 13.2 Å². The van der Waals surface area contributed by atoms with Gasteiger partial charge >= 0.3 is 6.18 Å². The van der Waals surface area contributed by atoms with E-state index in [2.05, 4.69) is 5.32 Å². The third-order valence-corrected chi connectivity index (χ3v) is 8.01. The molecule has 1 aliphatic rings. The number of carbonyl (C=O) groups excluding carboxylic acids is 2. The van der Waals surface area contributed by atoms with E-state index in [4.69, 9.17) is 52.8 Å². The normalized spacial score (nSPS) is 15.3. The first-order chi connectivity index (χ1) is 18.1. The average molecular weight is 627 g/mol. The van der Waals surface area contributed by atoms with Crippen molar-refractivity contribution in [2.24, 2.45) is 5.73 Å². The second kappa shape index (κ2) is 10.5. The molecule has 1 saturated carbocycles. The van der Waals surface area contributed by atoms with Crippen molar-refractivity contribution in [1.82, 2.24) is 9.88 Å². The SMILES string of the molecule is CCn1c(C(=O)CC(c2cc(Cl)c(F)c(Cl)c2F)C(F)(F)F)cc2cc(C(=O)NC3(C(N)=S)CC3)c(Cl)cc21. The smallest absolute Gasteiger partial charge is 0.391 e. The van der Waals surface area contributed by atoms with Gasteiger partial charge in [0.1, 0.15) is 10.8 Å². The molecular weight excluding hydrogens is 608 g/mol. The van der Waals surface area contributed by atoms with Crippen molar-refractivity contribution >= 4 is 74.6 Å². The van der Waals surface area contributed by atoms with Crippen LogP contribution in [0.1, 0.15) is 58.5 Å². The monoisotopic (exact) mass is 625 g/mol. The molecule has 14 heteroatoms. The predicted molar refractivity (Wildman–Crippen MR) is 143 cm³/mol. The van der Waals surface area contributed by atoms with E-state index < -0.39 is 63.0 Å². The van der Waals surface area contributed by atoms with E-state index in [1.807, 2.05) is 0 Å². The van der Waals surface area contributed by atoms with Gasteiger partial charge < -0.3 is 15.6 Å². The highest BCUT2D eigenvalue weighted by Crippen LogP contribution is 2.43. The molecule has 3 N–H and O–H groups in total. The number of nitrogens with zero attached hydrogens (tertiary/aromatic N) is 1. The van der Waals surface area contributed by atoms with Crippen LogP contribution in [-0.4, -0.2) is 33.0 Å². The number of halogens is 8. The molecule has 1 unspecified atom stereocenters. The number of nitrogens with two attached hydrogens (primary N) is 1. The summed E-state index contributed by atoms with van der Waals surface area (Å²) in [4.78, 5) is 26.3. The van der Waals surface area contributed by atoms with Crippen LogP contribution in [0.25, 0.3) is 10.9 Å². The van der Waals surface area contributed by atoms with Crippen molar-refractivity contribution in [3.05, 3.63) is 67.8 Å². The first-order valence-corrected chi connectivity index (χ1v) is 13.0. The highest BCUT2D eigenvalue weighted by Gasteiger charge is 2.47. The molecule has 3 aromatic rings. The minimum atomic E-state index is -5.10. The molecule has 39 heavy (non-hydrogen) atoms. The van der Waals surface area contributed by atoms with Gasteiger partial charge in [0.25, 0.3) is 5.91 Å². The Kier molecular flexibility index (Phi) is 7.94. The number of benzene rings is 2. The summed E-state index contributed by atoms with van der Waals surface area (Å²) in [7, 11) is 0. The number of thiocarbonyl (C=S) groups is 1. The molecule has 4 rings (SSSR count). The number of aryl methyl sites for hydroxylation is 1. The van der Waals surface area contributed by atoms with Crippen LogP contribution < -0.4 is 11.1 Å². The van der Waals surface area contributed by atoms with Gasteiger partial charge in [0.15, 0.2) is 11.6 Å². The predicted octanol–water partition coefficient (Wildman–Crippen LogP) is 7.37. The van der Waals surface area contributed by atoms with Crippen molar-refractivity contribution in [1.29, 1.82) is 0 Å². The van der Waals surface area contributed by atoms with Gasteiger partial charge in [0, 0.05) is 23.9 Å². The van der Waals surface area contributed by atoms with Crippen molar-refractivity contribution in [2.45, 2.75) is 50.4 Å². The van der Waals surface area contributed by atoms with Gasteiger partial charge in [0.2, 0.25) is 0 Å². The largest absolute Gasteiger partial charge is 0.396 e. The number of Topliss-reactive ketones (excluding diaryl/α,β-unsaturated/α-hetero) is 1. The summed E-state index contributed by atoms with van der Waals surface area (Å²) in [5.41, 5.74) is 4.18. The van der Waals surface area contributed by atoms with Gasteiger partial charge in [-0.15, -0.1) is 0 Å². The molecule has 0 bridgehead atoms. The van der Waals surface area contributed by atoms with Crippen molar-refractivity contribution in [3.8, 4) is 0 Å². The number of hydrogen-bond donors (Lipinski definition) is 2. The van der Waals surface area contributed by atoms with Crippen LogP contribution in [0, 0.1) is 11.6 Å². The Bertz CT molecular complexity index is 1540. The Labute approximate surface area is 239 Å². The maximum Gasteiger partial charge on any atom is 0.396 e. The van der Waals surface area contributed by atoms with Gasteiger partial charge in [-0.3, -0.25) is 9.59 Å². The molecule has 0 aliphatic heterocycles. The summed E-state index contributed by atoms with van der Waals surface area (Å²) in [5.74, 6) is -7.27. The number of carbonyl (C=O) groups is 2. The number of rotatable bonds is 8. The number of hydrogen-bond acceptors (Lipinski definition) is 3. The second-order valence-electron chi connectivity index (χ2n) is 9.18. The van der Waals surface area contributed by atoms with Crippen molar-refractivity contribution in [2.75, 3.05) is 0 Å². The average Bonchev–Trinajstić information content (AvgIpc) is 3.55. The van der Waals surface area contributed by atoms with Crippen LogP contribution in [0.5, 0.6) is 0 Å². The van der Waals surface area contributed by atoms with E-state index in [-0.39, 0.29) is 27.8 Å². The zero-order valence-electron chi connectivity index (χ0n) is 20.0. The van der Waals surface area contributed by atoms with Gasteiger partial charge in [-0.05, 0) is 44.0 Å². The minimum Gasteiger partial charge on any atom is -0.391 e. The summed E-state index contributed by atoms with van der Waals surface area (Å²) >= 11 is 22.5. The van der Waals surface area contributed by atoms with E-state index >= 15 is 0 Å². The Hall–Kier alpha value is -2.47. The van der Waals surface area contributed by atoms with E-state index in [1.165, 1.54) is 22.8 Å². The lowest BCUT2D eigenvalue weighted by Gasteiger charge is -2.22. The summed E-state index contributed by atoms with van der Waals surface area (Å²) < 4.78 is 71.9. The molecule has 1 aromatic heterocycles. The van der Waals surface area contributed by atoms with E-state index in [9.17, 15) is 31.5 Å². The third-order valence-electron chi connectivity index (χ3n) is 6.70. The number of aromatic nitrogens is 1. The highest BCUT2D eigenvalue weighted by molar-refractivity contribution is 7.80. The lowest BCUT2D eigenvalue weighted by atomic mass is 9.91. The van der Waals surface area contributed by atoms with E-state index in [0.717, 1.165) is 0 Å². The molecule has 1 aliphatic carbocycles. The number of amides is 1. The highest BCUT2D eigenvalue weighted by atomic mass is 35.5. The number of fused-ring (bicyclic) bond motifs is 1. The first-order valence-electron chi connectivity index (χ1n) is 11.5. The summed E-state index contributed by atoms with van der Waals surface area (Å²) in [6.45, 7) is 1.82. The van der Waals surface area contributed by atoms with Crippen LogP contribution in [0.2, 0.25) is 15.1 Å². The fourth-order valence-electron chi connectivity index (χ4n) is 4.41. The molecular formula is C25H19Cl3F5N3O2S. The van der Waals surface area contributed by atoms with E-state index in [1.54, 1.807) is 6.92 Å². The number of alkyl halides is 3. The van der Waals surface area contributed by atoms with Crippen LogP contribution in [0.15, 0.2) is 24.3 Å². The maximum absolute atomic E-state index is 14.6. The zero-order chi connectivity index (χ0) is 29.0. The minimum absolute atomic E-state index is 0.0383. The van der Waals surface area contributed by atoms with Gasteiger partial charge in [-0.1, -0.05) is 47.0 Å². The van der Waals surface area contributed by atoms with Crippen LogP contribution in [-0.2, 0) is 6.54 Å². The molecule has 1 atom stereocenters. The van der Waals surface area contributed by atoms with Gasteiger partial charge in [-0.25, -0.2) is 8.78 Å². The molecule has 5 nitrogen and oxygen atoms in total. The second-order valence-corrected chi connectivity index (χ2v) is 10.8. The molecule has 1 amide bonds. The maximum atomic E-state index is 14.6. The fraction of sp³-hybridized carbons (Fsp3) is 0.320. The van der Waals surface area contributed by atoms with E-state index in [0.29, 0.717) is 29.8 Å². The van der Waals surface area contributed by atoms with Crippen molar-refractivity contribution < 1.29 is 31.5 Å². The quantitative estimate of drug-likeness (QED) is 0.0900. The van der Waals surface area contributed by atoms with Gasteiger partial charge in [0.05, 0.1) is 43.3 Å². The Balaban J connectivity index is 1.73. The fourth-order valence-corrected chi connectivity index (χ4v) is 5.38. The van der Waals surface area contributed by atoms with Crippen molar-refractivity contribution in [3.63, 3.8) is 0 Å². The molecule has 2 aromatic carbocycles. The summed E-state index contributed by atoms with van der Waals surface area (Å²) in [5, 5.41) is 1.13. The molecule has 1 heterocycles. The lowest BCUT2D eigenvalue weighted by Crippen LogP contribution is -2.45. The number of ketones is 1. The third kappa shape index (κ3) is 5.46. The molecule has 1 fully saturated rings. The Morgan fingerprint density at radius 2 is 1.74 bits per heavy atom. The Morgan fingerprint density at radius 3 is 2.28 bits per heavy atom. The molecule has 208 valence electrons. The lowest BCUT2D eigenvalue weighted by molar-refractivity contribution is -0.150. The molecule has 0 saturated heterocycles. The van der Waals surface area contributed by atoms with Crippen LogP contribution >= 0.6 is 47.0 Å². The number of nitrogens with one attached hydrogen (secondary N) is 1. The molecule has 0 radical (unpaired) electrons. The van der Waals surface area contributed by atoms with Crippen LogP contribution in [0.4, 0.5) is 22.0 Å². The standard InChI is InChI=1S/C25H19Cl3F5N3O2S/c1-2-36-16-9-14(26)12(22(38)35-24(3-4-24)23(34)39)5-10(16)6-17(36)18(37)8-13(25(31,32)33)11-7-15(27)21(30)19(28)20(11)29/h5-7,9,13H,2-4,8H2,1H3,(H2,34,39)(H,35,38). The van der Waals surface area contributed by atoms with Crippen LogP contribution in [0.3, 0.4) is 0 Å².